The Morgan fingerprint density at radius 2 is 1.94 bits per heavy atom. The van der Waals surface area contributed by atoms with Crippen molar-refractivity contribution in [1.29, 1.82) is 0 Å². The number of carbonyl (C=O) groups is 1. The molecule has 1 fully saturated rings. The third-order valence-corrected chi connectivity index (χ3v) is 2.88. The topological polar surface area (TPSA) is 93.9 Å². The second-order valence-corrected chi connectivity index (χ2v) is 4.15. The fraction of sp³-hybridized carbons (Fsp3) is 0.455. The van der Waals surface area contributed by atoms with Crippen LogP contribution < -0.4 is 4.90 Å². The zero-order valence-corrected chi connectivity index (χ0v) is 9.37. The van der Waals surface area contributed by atoms with Crippen molar-refractivity contribution in [3.63, 3.8) is 0 Å². The van der Waals surface area contributed by atoms with Gasteiger partial charge in [0.15, 0.2) is 0 Å². The SMILES string of the molecule is Cc1nc(N2CC(O)C(O)C2)ccc1C(=O)O. The second kappa shape index (κ2) is 4.31. The quantitative estimate of drug-likeness (QED) is 0.651. The van der Waals surface area contributed by atoms with E-state index in [4.69, 9.17) is 5.11 Å². The molecule has 0 radical (unpaired) electrons. The van der Waals surface area contributed by atoms with Crippen LogP contribution >= 0.6 is 0 Å². The number of carboxylic acids is 1. The van der Waals surface area contributed by atoms with E-state index in [1.54, 1.807) is 17.9 Å². The normalized spacial score (nSPS) is 24.1. The first-order valence-corrected chi connectivity index (χ1v) is 5.31. The van der Waals surface area contributed by atoms with Crippen molar-refractivity contribution in [2.75, 3.05) is 18.0 Å². The number of hydrogen-bond acceptors (Lipinski definition) is 5. The van der Waals surface area contributed by atoms with Crippen LogP contribution in [0.2, 0.25) is 0 Å². The molecule has 1 aliphatic heterocycles. The van der Waals surface area contributed by atoms with E-state index in [-0.39, 0.29) is 5.56 Å². The molecule has 0 aliphatic carbocycles. The van der Waals surface area contributed by atoms with Gasteiger partial charge in [-0.25, -0.2) is 9.78 Å². The van der Waals surface area contributed by atoms with Crippen molar-refractivity contribution in [1.82, 2.24) is 4.98 Å². The molecule has 92 valence electrons. The zero-order chi connectivity index (χ0) is 12.6. The second-order valence-electron chi connectivity index (χ2n) is 4.15. The van der Waals surface area contributed by atoms with E-state index in [1.807, 2.05) is 0 Å². The minimum atomic E-state index is -1.01. The Kier molecular flexibility index (Phi) is 2.99. The van der Waals surface area contributed by atoms with Crippen molar-refractivity contribution >= 4 is 11.8 Å². The smallest absolute Gasteiger partial charge is 0.337 e. The summed E-state index contributed by atoms with van der Waals surface area (Å²) in [5, 5.41) is 27.7. The summed E-state index contributed by atoms with van der Waals surface area (Å²) in [4.78, 5) is 16.7. The largest absolute Gasteiger partial charge is 0.478 e. The minimum Gasteiger partial charge on any atom is -0.478 e. The summed E-state index contributed by atoms with van der Waals surface area (Å²) in [5.41, 5.74) is 0.583. The van der Waals surface area contributed by atoms with E-state index < -0.39 is 18.2 Å². The van der Waals surface area contributed by atoms with E-state index in [1.165, 1.54) is 6.07 Å². The van der Waals surface area contributed by atoms with Gasteiger partial charge >= 0.3 is 5.97 Å². The molecule has 2 rings (SSSR count). The maximum atomic E-state index is 10.8. The number of carboxylic acid groups (broad SMARTS) is 1. The fourth-order valence-corrected chi connectivity index (χ4v) is 1.91. The molecule has 2 heterocycles. The molecule has 6 nitrogen and oxygen atoms in total. The van der Waals surface area contributed by atoms with Gasteiger partial charge in [0.25, 0.3) is 0 Å². The number of rotatable bonds is 2. The lowest BCUT2D eigenvalue weighted by molar-refractivity contribution is 0.0572. The van der Waals surface area contributed by atoms with Gasteiger partial charge in [-0.1, -0.05) is 0 Å². The Hall–Kier alpha value is -1.66. The van der Waals surface area contributed by atoms with Crippen LogP contribution in [0.15, 0.2) is 12.1 Å². The third kappa shape index (κ3) is 2.22. The van der Waals surface area contributed by atoms with Gasteiger partial charge in [0.1, 0.15) is 5.82 Å². The number of β-amino-alcohol motifs (C(OH)–C–C–N with tert-alkyl or cyclic N) is 2. The summed E-state index contributed by atoms with van der Waals surface area (Å²) in [7, 11) is 0. The first kappa shape index (κ1) is 11.8. The molecule has 0 bridgehead atoms. The number of nitrogens with zero attached hydrogens (tertiary/aromatic N) is 2. The van der Waals surface area contributed by atoms with Crippen LogP contribution in [0.5, 0.6) is 0 Å². The third-order valence-electron chi connectivity index (χ3n) is 2.88. The number of hydrogen-bond donors (Lipinski definition) is 3. The predicted octanol–water partition coefficient (Wildman–Crippen LogP) is -0.370. The molecule has 1 aromatic heterocycles. The van der Waals surface area contributed by atoms with Crippen molar-refractivity contribution < 1.29 is 20.1 Å². The van der Waals surface area contributed by atoms with Crippen LogP contribution in [0.3, 0.4) is 0 Å². The molecule has 0 aromatic carbocycles. The molecule has 17 heavy (non-hydrogen) atoms. The van der Waals surface area contributed by atoms with Crippen LogP contribution in [0, 0.1) is 6.92 Å². The van der Waals surface area contributed by atoms with Crippen LogP contribution in [0.1, 0.15) is 16.1 Å². The molecular formula is C11H14N2O4. The molecule has 0 saturated carbocycles. The minimum absolute atomic E-state index is 0.161. The summed E-state index contributed by atoms with van der Waals surface area (Å²) in [6.07, 6.45) is -1.56. The monoisotopic (exact) mass is 238 g/mol. The van der Waals surface area contributed by atoms with Crippen molar-refractivity contribution in [2.45, 2.75) is 19.1 Å². The Balaban J connectivity index is 2.24. The molecule has 2 atom stereocenters. The van der Waals surface area contributed by atoms with Crippen LogP contribution in [0.25, 0.3) is 0 Å². The van der Waals surface area contributed by atoms with E-state index >= 15 is 0 Å². The molecule has 1 aliphatic rings. The Bertz CT molecular complexity index is 439. The Morgan fingerprint density at radius 1 is 1.35 bits per heavy atom. The lowest BCUT2D eigenvalue weighted by atomic mass is 10.2. The molecule has 6 heteroatoms. The summed E-state index contributed by atoms with van der Waals surface area (Å²) in [6, 6.07) is 3.07. The van der Waals surface area contributed by atoms with Gasteiger partial charge in [-0.2, -0.15) is 0 Å². The number of aliphatic hydroxyl groups excluding tert-OH is 2. The van der Waals surface area contributed by atoms with Gasteiger partial charge in [0.2, 0.25) is 0 Å². The van der Waals surface area contributed by atoms with Crippen molar-refractivity contribution in [2.24, 2.45) is 0 Å². The zero-order valence-electron chi connectivity index (χ0n) is 9.37. The Morgan fingerprint density at radius 3 is 2.41 bits per heavy atom. The number of aliphatic hydroxyl groups is 2. The lowest BCUT2D eigenvalue weighted by Gasteiger charge is -2.17. The number of aryl methyl sites for hydroxylation is 1. The van der Waals surface area contributed by atoms with E-state index in [9.17, 15) is 15.0 Å². The molecule has 2 unspecified atom stereocenters. The standard InChI is InChI=1S/C11H14N2O4/c1-6-7(11(16)17)2-3-10(12-6)13-4-8(14)9(15)5-13/h2-3,8-9,14-15H,4-5H2,1H3,(H,16,17). The summed E-state index contributed by atoms with van der Waals surface area (Å²) < 4.78 is 0. The fourth-order valence-electron chi connectivity index (χ4n) is 1.91. The van der Waals surface area contributed by atoms with Gasteiger partial charge in [-0.3, -0.25) is 0 Å². The number of pyridine rings is 1. The summed E-state index contributed by atoms with van der Waals surface area (Å²) >= 11 is 0. The van der Waals surface area contributed by atoms with Gasteiger partial charge < -0.3 is 20.2 Å². The van der Waals surface area contributed by atoms with Gasteiger partial charge in [0.05, 0.1) is 23.5 Å². The number of aromatic carboxylic acids is 1. The van der Waals surface area contributed by atoms with Crippen molar-refractivity contribution in [3.8, 4) is 0 Å². The first-order valence-electron chi connectivity index (χ1n) is 5.31. The molecular weight excluding hydrogens is 224 g/mol. The highest BCUT2D eigenvalue weighted by atomic mass is 16.4. The molecule has 0 spiro atoms. The molecule has 1 aromatic rings. The summed E-state index contributed by atoms with van der Waals surface area (Å²) in [6.45, 7) is 2.23. The number of aromatic nitrogens is 1. The molecule has 1 saturated heterocycles. The molecule has 0 amide bonds. The maximum Gasteiger partial charge on any atom is 0.337 e. The average molecular weight is 238 g/mol. The van der Waals surface area contributed by atoms with E-state index in [0.29, 0.717) is 24.6 Å². The molecule has 3 N–H and O–H groups in total. The highest BCUT2D eigenvalue weighted by Gasteiger charge is 2.30. The van der Waals surface area contributed by atoms with Crippen LogP contribution in [-0.2, 0) is 0 Å². The first-order chi connectivity index (χ1) is 7.99. The highest BCUT2D eigenvalue weighted by Crippen LogP contribution is 2.20. The van der Waals surface area contributed by atoms with Crippen LogP contribution in [-0.4, -0.2) is 51.6 Å². The van der Waals surface area contributed by atoms with E-state index in [2.05, 4.69) is 4.98 Å². The summed E-state index contributed by atoms with van der Waals surface area (Å²) in [5.74, 6) is -0.439. The lowest BCUT2D eigenvalue weighted by Crippen LogP contribution is -2.22. The maximum absolute atomic E-state index is 10.8. The van der Waals surface area contributed by atoms with Crippen LogP contribution in [0.4, 0.5) is 5.82 Å². The van der Waals surface area contributed by atoms with E-state index in [0.717, 1.165) is 0 Å². The Labute approximate surface area is 98.1 Å². The van der Waals surface area contributed by atoms with Gasteiger partial charge in [-0.15, -0.1) is 0 Å². The number of anilines is 1. The van der Waals surface area contributed by atoms with Gasteiger partial charge in [0, 0.05) is 13.1 Å². The predicted molar refractivity (Wildman–Crippen MR) is 60.2 cm³/mol. The highest BCUT2D eigenvalue weighted by molar-refractivity contribution is 5.89. The van der Waals surface area contributed by atoms with Crippen molar-refractivity contribution in [3.05, 3.63) is 23.4 Å². The van der Waals surface area contributed by atoms with Gasteiger partial charge in [-0.05, 0) is 19.1 Å². The average Bonchev–Trinajstić information content (AvgIpc) is 2.58.